The summed E-state index contributed by atoms with van der Waals surface area (Å²) >= 11 is 0. The lowest BCUT2D eigenvalue weighted by Gasteiger charge is -2.06. The molecule has 2 aromatic heterocycles. The number of hydrogen-bond donors (Lipinski definition) is 1. The van der Waals surface area contributed by atoms with Gasteiger partial charge in [-0.15, -0.1) is 0 Å². The van der Waals surface area contributed by atoms with Gasteiger partial charge in [-0.1, -0.05) is 0 Å². The molecular formula is C13H12N4O2. The lowest BCUT2D eigenvalue weighted by atomic mass is 10.2. The van der Waals surface area contributed by atoms with Crippen molar-refractivity contribution in [3.63, 3.8) is 0 Å². The highest BCUT2D eigenvalue weighted by molar-refractivity contribution is 5.79. The quantitative estimate of drug-likeness (QED) is 0.760. The molecule has 0 fully saturated rings. The predicted octanol–water partition coefficient (Wildman–Crippen LogP) is 2.17. The van der Waals surface area contributed by atoms with Gasteiger partial charge in [-0.25, -0.2) is 9.97 Å². The molecule has 3 rings (SSSR count). The molecule has 0 unspecified atom stereocenters. The van der Waals surface area contributed by atoms with Crippen LogP contribution in [0.3, 0.4) is 0 Å². The molecule has 19 heavy (non-hydrogen) atoms. The maximum atomic E-state index is 9.56. The first-order chi connectivity index (χ1) is 9.13. The molecule has 0 spiro atoms. The fraction of sp³-hybridized carbons (Fsp3) is 0.154. The van der Waals surface area contributed by atoms with Gasteiger partial charge in [0.1, 0.15) is 23.2 Å². The second-order valence-electron chi connectivity index (χ2n) is 4.29. The molecule has 0 saturated heterocycles. The number of nitrogens with zero attached hydrogens (tertiary/aromatic N) is 4. The van der Waals surface area contributed by atoms with Crippen molar-refractivity contribution in [1.29, 1.82) is 0 Å². The summed E-state index contributed by atoms with van der Waals surface area (Å²) in [7, 11) is 1.80. The summed E-state index contributed by atoms with van der Waals surface area (Å²) in [6.45, 7) is 1.88. The van der Waals surface area contributed by atoms with Crippen LogP contribution in [0.15, 0.2) is 30.7 Å². The van der Waals surface area contributed by atoms with Crippen LogP contribution in [0.4, 0.5) is 0 Å². The van der Waals surface area contributed by atoms with Gasteiger partial charge in [-0.3, -0.25) is 4.68 Å². The molecule has 6 nitrogen and oxygen atoms in total. The first-order valence-electron chi connectivity index (χ1n) is 5.75. The van der Waals surface area contributed by atoms with Gasteiger partial charge in [0, 0.05) is 13.1 Å². The van der Waals surface area contributed by atoms with Gasteiger partial charge in [-0.2, -0.15) is 5.10 Å². The average molecular weight is 256 g/mol. The van der Waals surface area contributed by atoms with E-state index in [-0.39, 0.29) is 5.75 Å². The lowest BCUT2D eigenvalue weighted by molar-refractivity contribution is 0.448. The van der Waals surface area contributed by atoms with Crippen LogP contribution in [0, 0.1) is 6.92 Å². The molecule has 2 heterocycles. The fourth-order valence-electron chi connectivity index (χ4n) is 1.92. The highest BCUT2D eigenvalue weighted by atomic mass is 16.5. The number of fused-ring (bicyclic) bond motifs is 1. The number of ether oxygens (including phenoxy) is 1. The number of phenolic OH excluding ortho intramolecular Hbond substituents is 1. The Morgan fingerprint density at radius 3 is 2.84 bits per heavy atom. The van der Waals surface area contributed by atoms with E-state index in [2.05, 4.69) is 15.1 Å². The minimum absolute atomic E-state index is 0.159. The van der Waals surface area contributed by atoms with Crippen LogP contribution in [-0.4, -0.2) is 24.9 Å². The fourth-order valence-corrected chi connectivity index (χ4v) is 1.92. The molecule has 0 aliphatic rings. The van der Waals surface area contributed by atoms with Gasteiger partial charge in [0.2, 0.25) is 5.88 Å². The summed E-state index contributed by atoms with van der Waals surface area (Å²) in [5, 5.41) is 14.4. The number of rotatable bonds is 2. The van der Waals surface area contributed by atoms with Crippen molar-refractivity contribution >= 4 is 11.0 Å². The van der Waals surface area contributed by atoms with Crippen molar-refractivity contribution in [3.05, 3.63) is 36.3 Å². The number of aryl methyl sites for hydroxylation is 2. The second-order valence-corrected chi connectivity index (χ2v) is 4.29. The zero-order valence-corrected chi connectivity index (χ0v) is 10.5. The number of aromatic hydroxyl groups is 1. The summed E-state index contributed by atoms with van der Waals surface area (Å²) in [6, 6.07) is 5.02. The molecule has 0 aliphatic heterocycles. The van der Waals surface area contributed by atoms with Crippen LogP contribution in [0.5, 0.6) is 17.4 Å². The minimum Gasteiger partial charge on any atom is -0.508 e. The lowest BCUT2D eigenvalue weighted by Crippen LogP contribution is -1.94. The molecule has 0 atom stereocenters. The molecule has 0 aliphatic carbocycles. The van der Waals surface area contributed by atoms with Gasteiger partial charge >= 0.3 is 0 Å². The zero-order chi connectivity index (χ0) is 13.4. The Morgan fingerprint density at radius 1 is 1.21 bits per heavy atom. The largest absolute Gasteiger partial charge is 0.508 e. The summed E-state index contributed by atoms with van der Waals surface area (Å²) in [4.78, 5) is 8.24. The van der Waals surface area contributed by atoms with Crippen molar-refractivity contribution in [1.82, 2.24) is 19.7 Å². The number of phenols is 1. The zero-order valence-electron chi connectivity index (χ0n) is 10.5. The van der Waals surface area contributed by atoms with Crippen molar-refractivity contribution < 1.29 is 9.84 Å². The molecular weight excluding hydrogens is 244 g/mol. The normalized spacial score (nSPS) is 10.8. The third-order valence-electron chi connectivity index (χ3n) is 2.74. The molecule has 0 saturated carbocycles. The smallest absolute Gasteiger partial charge is 0.233 e. The summed E-state index contributed by atoms with van der Waals surface area (Å²) in [6.07, 6.45) is 3.08. The summed E-state index contributed by atoms with van der Waals surface area (Å²) < 4.78 is 7.35. The third-order valence-corrected chi connectivity index (χ3v) is 2.74. The van der Waals surface area contributed by atoms with E-state index < -0.39 is 0 Å². The van der Waals surface area contributed by atoms with Crippen LogP contribution in [0.2, 0.25) is 0 Å². The first-order valence-corrected chi connectivity index (χ1v) is 5.75. The van der Waals surface area contributed by atoms with Crippen molar-refractivity contribution in [2.75, 3.05) is 0 Å². The van der Waals surface area contributed by atoms with E-state index in [9.17, 15) is 5.11 Å². The standard InChI is InChI=1S/C13H12N4O2/c1-8-3-9(18)5-10(4-8)19-13-11-6-16-17(2)12(11)14-7-15-13/h3-7,18H,1-2H3. The van der Waals surface area contributed by atoms with E-state index in [4.69, 9.17) is 4.74 Å². The van der Waals surface area contributed by atoms with Crippen LogP contribution in [0.1, 0.15) is 5.56 Å². The second kappa shape index (κ2) is 4.24. The van der Waals surface area contributed by atoms with E-state index in [1.165, 1.54) is 12.4 Å². The van der Waals surface area contributed by atoms with Crippen LogP contribution >= 0.6 is 0 Å². The number of benzene rings is 1. The number of hydrogen-bond acceptors (Lipinski definition) is 5. The minimum atomic E-state index is 0.159. The topological polar surface area (TPSA) is 73.1 Å². The van der Waals surface area contributed by atoms with E-state index in [0.717, 1.165) is 10.9 Å². The predicted molar refractivity (Wildman–Crippen MR) is 69.2 cm³/mol. The van der Waals surface area contributed by atoms with Gasteiger partial charge in [0.15, 0.2) is 5.65 Å². The summed E-state index contributed by atoms with van der Waals surface area (Å²) in [5.41, 5.74) is 1.60. The SMILES string of the molecule is Cc1cc(O)cc(Oc2ncnc3c2cnn3C)c1. The Kier molecular flexibility index (Phi) is 2.56. The van der Waals surface area contributed by atoms with E-state index >= 15 is 0 Å². The van der Waals surface area contributed by atoms with Gasteiger partial charge < -0.3 is 9.84 Å². The molecule has 0 amide bonds. The maximum absolute atomic E-state index is 9.56. The van der Waals surface area contributed by atoms with Gasteiger partial charge in [0.05, 0.1) is 6.20 Å². The third kappa shape index (κ3) is 2.08. The van der Waals surface area contributed by atoms with Crippen LogP contribution in [-0.2, 0) is 7.05 Å². The van der Waals surface area contributed by atoms with Gasteiger partial charge in [0.25, 0.3) is 0 Å². The van der Waals surface area contributed by atoms with Crippen LogP contribution in [0.25, 0.3) is 11.0 Å². The molecule has 96 valence electrons. The first kappa shape index (κ1) is 11.5. The Balaban J connectivity index is 2.05. The summed E-state index contributed by atoms with van der Waals surface area (Å²) in [5.74, 6) is 1.11. The molecule has 1 N–H and O–H groups in total. The van der Waals surface area contributed by atoms with Crippen molar-refractivity contribution in [2.45, 2.75) is 6.92 Å². The van der Waals surface area contributed by atoms with Crippen molar-refractivity contribution in [3.8, 4) is 17.4 Å². The van der Waals surface area contributed by atoms with E-state index in [1.54, 1.807) is 24.0 Å². The van der Waals surface area contributed by atoms with Gasteiger partial charge in [-0.05, 0) is 24.6 Å². The Hall–Kier alpha value is -2.63. The molecule has 3 aromatic rings. The Bertz CT molecular complexity index is 731. The highest BCUT2D eigenvalue weighted by Crippen LogP contribution is 2.29. The average Bonchev–Trinajstić information content (AvgIpc) is 2.71. The van der Waals surface area contributed by atoms with Crippen molar-refractivity contribution in [2.24, 2.45) is 7.05 Å². The maximum Gasteiger partial charge on any atom is 0.233 e. The highest BCUT2D eigenvalue weighted by Gasteiger charge is 2.10. The van der Waals surface area contributed by atoms with Crippen LogP contribution < -0.4 is 4.74 Å². The molecule has 0 bridgehead atoms. The monoisotopic (exact) mass is 256 g/mol. The molecule has 1 aromatic carbocycles. The molecule has 6 heteroatoms. The number of aromatic nitrogens is 4. The van der Waals surface area contributed by atoms with E-state index in [0.29, 0.717) is 17.3 Å². The Labute approximate surface area is 109 Å². The van der Waals surface area contributed by atoms with E-state index in [1.807, 2.05) is 13.0 Å². The molecule has 0 radical (unpaired) electrons. The Morgan fingerprint density at radius 2 is 2.05 bits per heavy atom.